The Morgan fingerprint density at radius 3 is 2.18 bits per heavy atom. The molecule has 0 saturated carbocycles. The molecule has 0 aliphatic carbocycles. The van der Waals surface area contributed by atoms with Gasteiger partial charge in [0, 0.05) is 12.3 Å². The number of aromatic amines is 1. The second-order valence-corrected chi connectivity index (χ2v) is 11.0. The number of hydrogen-bond donors (Lipinski definition) is 7. The Morgan fingerprint density at radius 2 is 1.62 bits per heavy atom. The summed E-state index contributed by atoms with van der Waals surface area (Å²) in [5.41, 5.74) is -1.78. The topological polar surface area (TPSA) is 303 Å². The van der Waals surface area contributed by atoms with Gasteiger partial charge in [0.1, 0.15) is 42.7 Å². The first kappa shape index (κ1) is 37.6. The monoisotopic (exact) mass is 624 g/mol. The molecule has 2 saturated heterocycles. The number of phosphoric acid groups is 2. The van der Waals surface area contributed by atoms with Crippen LogP contribution in [0.2, 0.25) is 0 Å². The molecule has 2 fully saturated rings. The first-order valence-corrected chi connectivity index (χ1v) is 13.3. The van der Waals surface area contributed by atoms with E-state index >= 15 is 0 Å². The Hall–Kier alpha value is 0.620. The molecule has 1 aromatic rings. The molecule has 23 heteroatoms. The number of aliphatic hydroxyl groups is 6. The summed E-state index contributed by atoms with van der Waals surface area (Å²) < 4.78 is 47.5. The Bertz CT molecular complexity index is 1170. The molecule has 19 nitrogen and oxygen atoms in total. The van der Waals surface area contributed by atoms with Crippen LogP contribution in [0.5, 0.6) is 0 Å². The van der Waals surface area contributed by atoms with E-state index in [1.807, 2.05) is 4.98 Å². The van der Waals surface area contributed by atoms with Crippen LogP contribution in [-0.2, 0) is 32.0 Å². The number of nitrogens with one attached hydrogen (secondary N) is 1. The van der Waals surface area contributed by atoms with Gasteiger partial charge in [-0.05, 0) is 6.92 Å². The molecular weight excluding hydrogens is 600 g/mol. The number of hydrogen-bond acceptors (Lipinski definition) is 17. The van der Waals surface area contributed by atoms with E-state index in [9.17, 15) is 59.1 Å². The Balaban J connectivity index is 0.00000380. The fraction of sp³-hybridized carbons (Fsp3) is 0.750. The molecule has 1 aromatic heterocycles. The van der Waals surface area contributed by atoms with Crippen molar-refractivity contribution in [1.29, 1.82) is 0 Å². The van der Waals surface area contributed by atoms with Crippen molar-refractivity contribution in [3.05, 3.63) is 33.1 Å². The van der Waals surface area contributed by atoms with Gasteiger partial charge < -0.3 is 54.4 Å². The Labute approximate surface area is 263 Å². The van der Waals surface area contributed by atoms with E-state index in [1.54, 1.807) is 0 Å². The standard InChI is InChI=1S/C16H26N2O17P2.2Na/c1-5(19)13-10(23)9(22)12(25)15(33-13)34-37(29,30)35-36(27,28)31-4-6-8(21)11(24)14(32-6)18-3-2-7(20)17-16(18)26;;/h2-3,5-6,8-15,19,21-25H,4H2,1H3,(H,27,28)(H,29,30)(H,17,20,26);;/q;2*+1/p-2/t5-,6+,8+,9-,10-,11+,12+,13+,14+,15+;;/m0../s1. The summed E-state index contributed by atoms with van der Waals surface area (Å²) in [6, 6.07) is 0.912. The first-order valence-electron chi connectivity index (χ1n) is 10.4. The van der Waals surface area contributed by atoms with Crippen LogP contribution in [0, 0.1) is 0 Å². The first-order chi connectivity index (χ1) is 17.0. The molecule has 2 aliphatic rings. The van der Waals surface area contributed by atoms with Crippen molar-refractivity contribution >= 4 is 15.6 Å². The quantitative estimate of drug-likeness (QED) is 0.0991. The van der Waals surface area contributed by atoms with Crippen molar-refractivity contribution in [2.24, 2.45) is 0 Å². The van der Waals surface area contributed by atoms with Gasteiger partial charge in [-0.25, -0.2) is 9.11 Å². The molecule has 3 heterocycles. The fourth-order valence-corrected chi connectivity index (χ4v) is 5.62. The second-order valence-electron chi connectivity index (χ2n) is 8.12. The van der Waals surface area contributed by atoms with E-state index in [0.717, 1.165) is 19.2 Å². The van der Waals surface area contributed by atoms with Gasteiger partial charge in [-0.2, -0.15) is 0 Å². The van der Waals surface area contributed by atoms with Gasteiger partial charge in [-0.1, -0.05) is 0 Å². The average molecular weight is 624 g/mol. The number of phosphoric ester groups is 2. The maximum atomic E-state index is 12.1. The molecule has 0 bridgehead atoms. The van der Waals surface area contributed by atoms with Gasteiger partial charge in [-0.3, -0.25) is 28.0 Å². The predicted octanol–water partition coefficient (Wildman–Crippen LogP) is -11.7. The van der Waals surface area contributed by atoms with Crippen LogP contribution < -0.4 is 80.2 Å². The largest absolute Gasteiger partial charge is 1.00 e. The van der Waals surface area contributed by atoms with Gasteiger partial charge in [-0.15, -0.1) is 0 Å². The third-order valence-corrected chi connectivity index (χ3v) is 7.91. The SMILES string of the molecule is C[C@H](O)[C@H]1O[C@H](OP(=O)([O-])OP(=O)([O-])OC[C@H]2O[C@@H](n3ccc(=O)[nH]c3=O)[C@H](O)[C@@H]2O)[C@H](O)[C@@H](O)[C@@H]1O.[Na+].[Na+]. The molecule has 2 aliphatic heterocycles. The molecule has 0 spiro atoms. The molecule has 0 radical (unpaired) electrons. The van der Waals surface area contributed by atoms with Crippen LogP contribution in [0.3, 0.4) is 0 Å². The van der Waals surface area contributed by atoms with Crippen LogP contribution in [-0.4, -0.2) is 102 Å². The third-order valence-electron chi connectivity index (χ3n) is 5.37. The van der Waals surface area contributed by atoms with Crippen LogP contribution in [0.25, 0.3) is 0 Å². The normalized spacial score (nSPS) is 36.6. The molecule has 212 valence electrons. The molecule has 3 rings (SSSR count). The maximum Gasteiger partial charge on any atom is 1.00 e. The van der Waals surface area contributed by atoms with E-state index in [0.29, 0.717) is 4.57 Å². The van der Waals surface area contributed by atoms with E-state index in [4.69, 9.17) is 9.47 Å². The molecule has 7 N–H and O–H groups in total. The molecule has 0 amide bonds. The van der Waals surface area contributed by atoms with Gasteiger partial charge in [0.05, 0.1) is 12.7 Å². The van der Waals surface area contributed by atoms with Gasteiger partial charge in [0.25, 0.3) is 21.2 Å². The average Bonchev–Trinajstić information content (AvgIpc) is 3.05. The van der Waals surface area contributed by atoms with Crippen LogP contribution >= 0.6 is 15.6 Å². The zero-order valence-corrected chi connectivity index (χ0v) is 26.4. The molecular formula is C16H24N2Na2O17P2. The van der Waals surface area contributed by atoms with Crippen molar-refractivity contribution in [2.75, 3.05) is 6.61 Å². The smallest absolute Gasteiger partial charge is 0.756 e. The number of aromatic nitrogens is 2. The summed E-state index contributed by atoms with van der Waals surface area (Å²) >= 11 is 0. The van der Waals surface area contributed by atoms with Crippen molar-refractivity contribution < 1.29 is 132 Å². The van der Waals surface area contributed by atoms with Crippen LogP contribution in [0.1, 0.15) is 13.2 Å². The number of ether oxygens (including phenoxy) is 2. The molecule has 2 unspecified atom stereocenters. The van der Waals surface area contributed by atoms with E-state index in [1.165, 1.54) is 0 Å². The van der Waals surface area contributed by atoms with Crippen molar-refractivity contribution in [3.8, 4) is 0 Å². The van der Waals surface area contributed by atoms with Crippen molar-refractivity contribution in [3.63, 3.8) is 0 Å². The van der Waals surface area contributed by atoms with E-state index in [2.05, 4.69) is 13.4 Å². The zero-order chi connectivity index (χ0) is 27.9. The summed E-state index contributed by atoms with van der Waals surface area (Å²) in [5, 5.41) is 59.3. The number of rotatable bonds is 9. The fourth-order valence-electron chi connectivity index (χ4n) is 3.54. The summed E-state index contributed by atoms with van der Waals surface area (Å²) in [6.07, 6.45) is -17.4. The predicted molar refractivity (Wildman–Crippen MR) is 109 cm³/mol. The number of aliphatic hydroxyl groups excluding tert-OH is 6. The summed E-state index contributed by atoms with van der Waals surface area (Å²) in [7, 11) is -11.7. The van der Waals surface area contributed by atoms with Crippen LogP contribution in [0.15, 0.2) is 21.9 Å². The Morgan fingerprint density at radius 1 is 1.00 bits per heavy atom. The molecule has 39 heavy (non-hydrogen) atoms. The second kappa shape index (κ2) is 14.9. The van der Waals surface area contributed by atoms with Crippen LogP contribution in [0.4, 0.5) is 0 Å². The number of H-pyrrole nitrogens is 1. The van der Waals surface area contributed by atoms with Gasteiger partial charge >= 0.3 is 64.8 Å². The minimum absolute atomic E-state index is 0. The van der Waals surface area contributed by atoms with Crippen molar-refractivity contribution in [2.45, 2.75) is 68.3 Å². The van der Waals surface area contributed by atoms with E-state index in [-0.39, 0.29) is 59.1 Å². The third kappa shape index (κ3) is 9.30. The zero-order valence-electron chi connectivity index (χ0n) is 20.7. The minimum Gasteiger partial charge on any atom is -0.756 e. The summed E-state index contributed by atoms with van der Waals surface area (Å²) in [4.78, 5) is 49.1. The van der Waals surface area contributed by atoms with Gasteiger partial charge in [0.2, 0.25) is 0 Å². The van der Waals surface area contributed by atoms with Gasteiger partial charge in [0.15, 0.2) is 12.5 Å². The maximum absolute atomic E-state index is 12.1. The molecule has 0 aromatic carbocycles. The van der Waals surface area contributed by atoms with Crippen molar-refractivity contribution in [1.82, 2.24) is 9.55 Å². The number of nitrogens with zero attached hydrogens (tertiary/aromatic N) is 1. The summed E-state index contributed by atoms with van der Waals surface area (Å²) in [5.74, 6) is 0. The Kier molecular flexibility index (Phi) is 14.4. The summed E-state index contributed by atoms with van der Waals surface area (Å²) in [6.45, 7) is -0.0119. The minimum atomic E-state index is -5.92. The molecule has 12 atom stereocenters. The van der Waals surface area contributed by atoms with E-state index < -0.39 is 94.9 Å².